The molecule has 1 aliphatic heterocycles. The maximum absolute atomic E-state index is 13.9. The standard InChI is InChI=1S/C15H16FN5O/c1-20-9-18-19-15(20)14-6-10(22-2)8-21(14)13-5-3-4-12(16)11(13)7-17/h3-5,9-10,14H,6,8H2,1-2H3/t10-,14+/m1/s1. The zero-order valence-electron chi connectivity index (χ0n) is 12.4. The van der Waals surface area contributed by atoms with Crippen LogP contribution >= 0.6 is 0 Å². The van der Waals surface area contributed by atoms with Gasteiger partial charge in [0.2, 0.25) is 0 Å². The zero-order valence-corrected chi connectivity index (χ0v) is 12.4. The summed E-state index contributed by atoms with van der Waals surface area (Å²) in [7, 11) is 3.52. The molecule has 2 heterocycles. The van der Waals surface area contributed by atoms with Crippen LogP contribution in [0.5, 0.6) is 0 Å². The van der Waals surface area contributed by atoms with Gasteiger partial charge in [-0.15, -0.1) is 10.2 Å². The van der Waals surface area contributed by atoms with E-state index in [0.29, 0.717) is 18.7 Å². The highest BCUT2D eigenvalue weighted by atomic mass is 19.1. The molecule has 114 valence electrons. The van der Waals surface area contributed by atoms with E-state index in [2.05, 4.69) is 10.2 Å². The van der Waals surface area contributed by atoms with Crippen LogP contribution in [0.25, 0.3) is 0 Å². The van der Waals surface area contributed by atoms with Gasteiger partial charge in [-0.25, -0.2) is 4.39 Å². The van der Waals surface area contributed by atoms with Gasteiger partial charge in [-0.2, -0.15) is 5.26 Å². The average molecular weight is 301 g/mol. The van der Waals surface area contributed by atoms with E-state index in [-0.39, 0.29) is 17.7 Å². The van der Waals surface area contributed by atoms with Gasteiger partial charge in [-0.1, -0.05) is 6.07 Å². The third-order valence-electron chi connectivity index (χ3n) is 4.05. The number of anilines is 1. The summed E-state index contributed by atoms with van der Waals surface area (Å²) in [4.78, 5) is 1.97. The van der Waals surface area contributed by atoms with Gasteiger partial charge in [-0.3, -0.25) is 0 Å². The number of aryl methyl sites for hydroxylation is 1. The molecule has 0 saturated carbocycles. The minimum absolute atomic E-state index is 0.00323. The summed E-state index contributed by atoms with van der Waals surface area (Å²) < 4.78 is 21.2. The van der Waals surface area contributed by atoms with Crippen molar-refractivity contribution in [2.75, 3.05) is 18.6 Å². The number of rotatable bonds is 3. The average Bonchev–Trinajstić information content (AvgIpc) is 3.12. The lowest BCUT2D eigenvalue weighted by atomic mass is 10.1. The molecular weight excluding hydrogens is 285 g/mol. The van der Waals surface area contributed by atoms with Crippen LogP contribution in [-0.4, -0.2) is 34.5 Å². The molecule has 0 amide bonds. The summed E-state index contributed by atoms with van der Waals surface area (Å²) in [5, 5.41) is 17.3. The van der Waals surface area contributed by atoms with Crippen LogP contribution in [-0.2, 0) is 11.8 Å². The van der Waals surface area contributed by atoms with E-state index in [1.807, 2.05) is 22.6 Å². The van der Waals surface area contributed by atoms with Gasteiger partial charge < -0.3 is 14.2 Å². The molecule has 0 aliphatic carbocycles. The van der Waals surface area contributed by atoms with Gasteiger partial charge in [0.25, 0.3) is 0 Å². The number of nitriles is 1. The molecule has 0 N–H and O–H groups in total. The van der Waals surface area contributed by atoms with Crippen LogP contribution in [0.1, 0.15) is 23.9 Å². The molecular formula is C15H16FN5O. The lowest BCUT2D eigenvalue weighted by Gasteiger charge is -2.26. The van der Waals surface area contributed by atoms with E-state index < -0.39 is 5.82 Å². The lowest BCUT2D eigenvalue weighted by molar-refractivity contribution is 0.118. The van der Waals surface area contributed by atoms with Crippen molar-refractivity contribution >= 4 is 5.69 Å². The van der Waals surface area contributed by atoms with Crippen molar-refractivity contribution in [3.63, 3.8) is 0 Å². The molecule has 1 aromatic heterocycles. The van der Waals surface area contributed by atoms with Crippen molar-refractivity contribution in [1.82, 2.24) is 14.8 Å². The Labute approximate surface area is 127 Å². The Morgan fingerprint density at radius 3 is 2.91 bits per heavy atom. The number of hydrogen-bond donors (Lipinski definition) is 0. The number of benzene rings is 1. The Hall–Kier alpha value is -2.46. The predicted octanol–water partition coefficient (Wildman–Crippen LogP) is 1.79. The first-order valence-electron chi connectivity index (χ1n) is 6.97. The van der Waals surface area contributed by atoms with Crippen LogP contribution < -0.4 is 4.90 Å². The van der Waals surface area contributed by atoms with Crippen molar-refractivity contribution in [2.45, 2.75) is 18.6 Å². The number of nitrogens with zero attached hydrogens (tertiary/aromatic N) is 5. The molecule has 7 heteroatoms. The zero-order chi connectivity index (χ0) is 15.7. The Kier molecular flexibility index (Phi) is 3.77. The van der Waals surface area contributed by atoms with Gasteiger partial charge in [0.15, 0.2) is 5.82 Å². The molecule has 0 radical (unpaired) electrons. The maximum atomic E-state index is 13.9. The summed E-state index contributed by atoms with van der Waals surface area (Å²) in [6.45, 7) is 0.576. The van der Waals surface area contributed by atoms with Gasteiger partial charge in [0.05, 0.1) is 17.8 Å². The van der Waals surface area contributed by atoms with E-state index in [1.54, 1.807) is 25.6 Å². The minimum atomic E-state index is -0.516. The van der Waals surface area contributed by atoms with Crippen molar-refractivity contribution in [3.8, 4) is 6.07 Å². The fourth-order valence-corrected chi connectivity index (χ4v) is 2.94. The fourth-order valence-electron chi connectivity index (χ4n) is 2.94. The quantitative estimate of drug-likeness (QED) is 0.864. The number of ether oxygens (including phenoxy) is 1. The van der Waals surface area contributed by atoms with E-state index in [9.17, 15) is 9.65 Å². The van der Waals surface area contributed by atoms with Crippen molar-refractivity contribution in [1.29, 1.82) is 5.26 Å². The first-order chi connectivity index (χ1) is 10.7. The summed E-state index contributed by atoms with van der Waals surface area (Å²) in [5.41, 5.74) is 0.612. The monoisotopic (exact) mass is 301 g/mol. The summed E-state index contributed by atoms with van der Waals surface area (Å²) in [5.74, 6) is 0.255. The third kappa shape index (κ3) is 2.31. The molecule has 6 nitrogen and oxygen atoms in total. The number of methoxy groups -OCH3 is 1. The first kappa shape index (κ1) is 14.5. The van der Waals surface area contributed by atoms with Gasteiger partial charge in [0, 0.05) is 27.1 Å². The van der Waals surface area contributed by atoms with Crippen LogP contribution in [0.15, 0.2) is 24.5 Å². The molecule has 2 aromatic rings. The highest BCUT2D eigenvalue weighted by molar-refractivity contribution is 5.61. The van der Waals surface area contributed by atoms with Crippen LogP contribution in [0, 0.1) is 17.1 Å². The molecule has 1 saturated heterocycles. The van der Waals surface area contributed by atoms with E-state index in [4.69, 9.17) is 4.74 Å². The predicted molar refractivity (Wildman–Crippen MR) is 77.6 cm³/mol. The molecule has 2 atom stereocenters. The highest BCUT2D eigenvalue weighted by Crippen LogP contribution is 2.38. The van der Waals surface area contributed by atoms with E-state index >= 15 is 0 Å². The molecule has 0 bridgehead atoms. The molecule has 1 aromatic carbocycles. The number of hydrogen-bond acceptors (Lipinski definition) is 5. The summed E-state index contributed by atoms with van der Waals surface area (Å²) in [6.07, 6.45) is 2.34. The summed E-state index contributed by atoms with van der Waals surface area (Å²) >= 11 is 0. The number of halogens is 1. The van der Waals surface area contributed by atoms with Gasteiger partial charge >= 0.3 is 0 Å². The molecule has 0 spiro atoms. The molecule has 3 rings (SSSR count). The Bertz CT molecular complexity index is 723. The lowest BCUT2D eigenvalue weighted by Crippen LogP contribution is -2.27. The molecule has 1 aliphatic rings. The topological polar surface area (TPSA) is 67.0 Å². The normalized spacial score (nSPS) is 21.1. The van der Waals surface area contributed by atoms with E-state index in [1.165, 1.54) is 6.07 Å². The summed E-state index contributed by atoms with van der Waals surface area (Å²) in [6, 6.07) is 6.51. The SMILES string of the molecule is CO[C@@H]1C[C@@H](c2nncn2C)N(c2cccc(F)c2C#N)C1. The van der Waals surface area contributed by atoms with Crippen molar-refractivity contribution in [2.24, 2.45) is 7.05 Å². The smallest absolute Gasteiger partial charge is 0.155 e. The van der Waals surface area contributed by atoms with Crippen LogP contribution in [0.2, 0.25) is 0 Å². The molecule has 1 fully saturated rings. The first-order valence-corrected chi connectivity index (χ1v) is 6.97. The van der Waals surface area contributed by atoms with Crippen LogP contribution in [0.3, 0.4) is 0 Å². The Morgan fingerprint density at radius 1 is 1.45 bits per heavy atom. The molecule has 0 unspecified atom stereocenters. The van der Waals surface area contributed by atoms with Crippen molar-refractivity contribution in [3.05, 3.63) is 41.7 Å². The maximum Gasteiger partial charge on any atom is 0.155 e. The third-order valence-corrected chi connectivity index (χ3v) is 4.05. The fraction of sp³-hybridized carbons (Fsp3) is 0.400. The van der Waals surface area contributed by atoms with Crippen molar-refractivity contribution < 1.29 is 9.13 Å². The largest absolute Gasteiger partial charge is 0.380 e. The minimum Gasteiger partial charge on any atom is -0.380 e. The highest BCUT2D eigenvalue weighted by Gasteiger charge is 2.37. The second-order valence-corrected chi connectivity index (χ2v) is 5.31. The number of aromatic nitrogens is 3. The van der Waals surface area contributed by atoms with Gasteiger partial charge in [-0.05, 0) is 12.1 Å². The second kappa shape index (κ2) is 5.73. The van der Waals surface area contributed by atoms with Gasteiger partial charge in [0.1, 0.15) is 23.8 Å². The molecule has 22 heavy (non-hydrogen) atoms. The van der Waals surface area contributed by atoms with Crippen LogP contribution in [0.4, 0.5) is 10.1 Å². The van der Waals surface area contributed by atoms with E-state index in [0.717, 1.165) is 5.82 Å². The Balaban J connectivity index is 2.06. The Morgan fingerprint density at radius 2 is 2.27 bits per heavy atom. The second-order valence-electron chi connectivity index (χ2n) is 5.31.